The summed E-state index contributed by atoms with van der Waals surface area (Å²) in [5.41, 5.74) is 27.3. The van der Waals surface area contributed by atoms with E-state index >= 15 is 0 Å². The fourth-order valence-corrected chi connectivity index (χ4v) is 14.3. The number of rotatable bonds is 16. The lowest BCUT2D eigenvalue weighted by Gasteiger charge is -2.27. The predicted molar refractivity (Wildman–Crippen MR) is 410 cm³/mol. The van der Waals surface area contributed by atoms with Gasteiger partial charge in [0.05, 0.1) is 0 Å². The Morgan fingerprint density at radius 1 is 0.156 bits per heavy atom. The Labute approximate surface area is 563 Å². The summed E-state index contributed by atoms with van der Waals surface area (Å²) < 4.78 is 0. The van der Waals surface area contributed by atoms with Crippen LogP contribution in [-0.2, 0) is 0 Å². The van der Waals surface area contributed by atoms with Gasteiger partial charge in [-0.15, -0.1) is 0 Å². The summed E-state index contributed by atoms with van der Waals surface area (Å²) in [7, 11) is 0. The van der Waals surface area contributed by atoms with E-state index in [2.05, 4.69) is 399 Å². The van der Waals surface area contributed by atoms with Crippen molar-refractivity contribution < 1.29 is 0 Å². The number of hydrogen-bond donors (Lipinski definition) is 0. The van der Waals surface area contributed by atoms with Crippen molar-refractivity contribution in [2.45, 2.75) is 27.7 Å². The van der Waals surface area contributed by atoms with Gasteiger partial charge in [-0.3, -0.25) is 0 Å². The van der Waals surface area contributed by atoms with Crippen molar-refractivity contribution in [2.24, 2.45) is 0 Å². The molecule has 0 aliphatic carbocycles. The van der Waals surface area contributed by atoms with E-state index in [1.165, 1.54) is 76.8 Å². The second-order valence-electron chi connectivity index (χ2n) is 25.2. The summed E-state index contributed by atoms with van der Waals surface area (Å²) in [6.45, 7) is 8.65. The molecule has 0 radical (unpaired) electrons. The maximum atomic E-state index is 2.45. The van der Waals surface area contributed by atoms with Gasteiger partial charge < -0.3 is 19.6 Å². The maximum Gasteiger partial charge on any atom is 0.0464 e. The highest BCUT2D eigenvalue weighted by atomic mass is 15.2. The molecule has 0 aliphatic heterocycles. The molecule has 4 nitrogen and oxygen atoms in total. The van der Waals surface area contributed by atoms with Crippen LogP contribution in [0.15, 0.2) is 352 Å². The fraction of sp³-hybridized carbons (Fsp3) is 0.0435. The molecule has 0 bridgehead atoms. The normalized spacial score (nSPS) is 11.3. The number of para-hydroxylation sites is 4. The minimum absolute atomic E-state index is 1.09. The molecule has 0 fully saturated rings. The van der Waals surface area contributed by atoms with Gasteiger partial charge in [-0.1, -0.05) is 194 Å². The van der Waals surface area contributed by atoms with Gasteiger partial charge in [0.25, 0.3) is 0 Å². The van der Waals surface area contributed by atoms with Crippen LogP contribution in [0.5, 0.6) is 0 Å². The zero-order valence-corrected chi connectivity index (χ0v) is 54.3. The third-order valence-electron chi connectivity index (χ3n) is 18.7. The number of benzene rings is 16. The van der Waals surface area contributed by atoms with Gasteiger partial charge in [0.1, 0.15) is 0 Å². The number of anilines is 12. The van der Waals surface area contributed by atoms with E-state index in [1.54, 1.807) is 0 Å². The zero-order valence-electron chi connectivity index (χ0n) is 54.3. The van der Waals surface area contributed by atoms with Gasteiger partial charge >= 0.3 is 0 Å². The molecule has 0 aliphatic rings. The van der Waals surface area contributed by atoms with Crippen LogP contribution in [0.2, 0.25) is 0 Å². The summed E-state index contributed by atoms with van der Waals surface area (Å²) >= 11 is 0. The summed E-state index contributed by atoms with van der Waals surface area (Å²) in [6.07, 6.45) is 0. The summed E-state index contributed by atoms with van der Waals surface area (Å²) in [5.74, 6) is 0. The predicted octanol–water partition coefficient (Wildman–Crippen LogP) is 26.4. The summed E-state index contributed by atoms with van der Waals surface area (Å²) in [5, 5.41) is 7.28. The largest absolute Gasteiger partial charge is 0.310 e. The first-order valence-electron chi connectivity index (χ1n) is 33.1. The van der Waals surface area contributed by atoms with Crippen LogP contribution in [-0.4, -0.2) is 0 Å². The van der Waals surface area contributed by atoms with Crippen LogP contribution >= 0.6 is 0 Å². The van der Waals surface area contributed by atoms with E-state index in [0.29, 0.717) is 0 Å². The van der Waals surface area contributed by atoms with E-state index in [0.717, 1.165) is 90.5 Å². The van der Waals surface area contributed by atoms with Gasteiger partial charge in [0, 0.05) is 68.2 Å². The van der Waals surface area contributed by atoms with Crippen LogP contribution in [0.25, 0.3) is 76.8 Å². The van der Waals surface area contributed by atoms with Gasteiger partial charge in [-0.2, -0.15) is 0 Å². The lowest BCUT2D eigenvalue weighted by Crippen LogP contribution is -2.10. The third-order valence-corrected chi connectivity index (χ3v) is 18.7. The molecule has 16 aromatic rings. The average Bonchev–Trinajstić information content (AvgIpc) is 0.708. The number of hydrogen-bond acceptors (Lipinski definition) is 4. The van der Waals surface area contributed by atoms with Crippen LogP contribution in [0, 0.1) is 27.7 Å². The lowest BCUT2D eigenvalue weighted by atomic mass is 9.82. The topological polar surface area (TPSA) is 13.0 Å². The first kappa shape index (κ1) is 58.8. The Hall–Kier alpha value is -12.2. The third kappa shape index (κ3) is 11.2. The zero-order chi connectivity index (χ0) is 64.6. The van der Waals surface area contributed by atoms with Gasteiger partial charge in [-0.05, 0) is 284 Å². The highest BCUT2D eigenvalue weighted by Crippen LogP contribution is 2.51. The van der Waals surface area contributed by atoms with E-state index in [1.807, 2.05) is 0 Å². The molecule has 96 heavy (non-hydrogen) atoms. The highest BCUT2D eigenvalue weighted by molar-refractivity contribution is 6.32. The molecular weight excluding hydrogens is 1160 g/mol. The molecule has 0 N–H and O–H groups in total. The minimum Gasteiger partial charge on any atom is -0.310 e. The fourth-order valence-electron chi connectivity index (χ4n) is 14.3. The molecular formula is C92H70N4. The van der Waals surface area contributed by atoms with Crippen molar-refractivity contribution in [1.29, 1.82) is 0 Å². The minimum atomic E-state index is 1.09. The highest BCUT2D eigenvalue weighted by Gasteiger charge is 2.24. The second-order valence-corrected chi connectivity index (χ2v) is 25.2. The van der Waals surface area contributed by atoms with E-state index in [4.69, 9.17) is 0 Å². The van der Waals surface area contributed by atoms with Crippen molar-refractivity contribution in [1.82, 2.24) is 0 Å². The second kappa shape index (κ2) is 25.3. The van der Waals surface area contributed by atoms with Crippen LogP contribution in [0.4, 0.5) is 68.2 Å². The standard InChI is InChI=1S/C92H70N4/c1-63-21-17-33-79(57-63)93(71-25-9-5-10-26-71)75-45-37-67(38-46-75)87-61-88(68-39-47-76(48-40-68)94(72-27-11-6-12-28-72)80-34-18-22-64(2)58-80)84-55-56-86-90(70-43-51-78(52-44-70)96(74-31-15-8-16-32-74)82-36-20-24-66(4)60-82)62-89(85-54-53-83(87)91(84)92(85)86)69-41-49-77(50-42-69)95(73-29-13-7-14-30-73)81-35-19-23-65(3)59-81/h5-62H,1-4H3. The molecule has 0 spiro atoms. The quantitative estimate of drug-likeness (QED) is 0.0894. The Balaban J connectivity index is 0.920. The summed E-state index contributed by atoms with van der Waals surface area (Å²) in [6, 6.07) is 129. The van der Waals surface area contributed by atoms with Crippen molar-refractivity contribution >= 4 is 101 Å². The molecule has 16 rings (SSSR count). The first-order valence-corrected chi connectivity index (χ1v) is 33.1. The lowest BCUT2D eigenvalue weighted by molar-refractivity contribution is 1.27. The number of nitrogens with zero attached hydrogens (tertiary/aromatic N) is 4. The average molecular weight is 1230 g/mol. The smallest absolute Gasteiger partial charge is 0.0464 e. The van der Waals surface area contributed by atoms with Crippen molar-refractivity contribution in [3.8, 4) is 44.5 Å². The van der Waals surface area contributed by atoms with Gasteiger partial charge in [0.15, 0.2) is 0 Å². The Morgan fingerprint density at radius 3 is 0.542 bits per heavy atom. The van der Waals surface area contributed by atoms with Crippen LogP contribution in [0.3, 0.4) is 0 Å². The molecule has 0 amide bonds. The Morgan fingerprint density at radius 2 is 0.344 bits per heavy atom. The first-order chi connectivity index (χ1) is 47.2. The van der Waals surface area contributed by atoms with Gasteiger partial charge in [0.2, 0.25) is 0 Å². The van der Waals surface area contributed by atoms with Crippen molar-refractivity contribution in [2.75, 3.05) is 19.6 Å². The molecule has 0 atom stereocenters. The SMILES string of the molecule is Cc1cccc(N(c2ccccc2)c2ccc(-c3cc(-c4ccc(N(c5ccccc5)c5cccc(C)c5)cc4)c4ccc5c(-c6ccc(N(c7ccccc7)c7cccc(C)c7)cc6)cc(-c6ccc(N(c7ccccc7)c7cccc(C)c7)cc6)c6ccc3c4c65)cc2)c1. The van der Waals surface area contributed by atoms with Gasteiger partial charge in [-0.25, -0.2) is 0 Å². The van der Waals surface area contributed by atoms with Crippen LogP contribution in [0.1, 0.15) is 22.3 Å². The molecule has 4 heteroatoms. The monoisotopic (exact) mass is 1230 g/mol. The molecule has 0 heterocycles. The number of aryl methyl sites for hydroxylation is 4. The Kier molecular flexibility index (Phi) is 15.5. The van der Waals surface area contributed by atoms with E-state index < -0.39 is 0 Å². The maximum absolute atomic E-state index is 2.45. The van der Waals surface area contributed by atoms with Crippen molar-refractivity contribution in [3.63, 3.8) is 0 Å². The molecule has 0 unspecified atom stereocenters. The summed E-state index contributed by atoms with van der Waals surface area (Å²) in [4.78, 5) is 9.42. The van der Waals surface area contributed by atoms with E-state index in [-0.39, 0.29) is 0 Å². The van der Waals surface area contributed by atoms with Crippen molar-refractivity contribution in [3.05, 3.63) is 374 Å². The molecule has 0 aromatic heterocycles. The Bertz CT molecular complexity index is 4750. The molecule has 458 valence electrons. The van der Waals surface area contributed by atoms with Crippen LogP contribution < -0.4 is 19.6 Å². The molecule has 0 saturated heterocycles. The molecule has 0 saturated carbocycles. The van der Waals surface area contributed by atoms with E-state index in [9.17, 15) is 0 Å². The molecule has 16 aromatic carbocycles.